The molecular formula is C9H13N3OS2. The molecule has 6 heteroatoms. The van der Waals surface area contributed by atoms with E-state index in [0.717, 1.165) is 17.1 Å². The number of hydrogen-bond donors (Lipinski definition) is 2. The van der Waals surface area contributed by atoms with Crippen LogP contribution in [-0.4, -0.2) is 22.2 Å². The van der Waals surface area contributed by atoms with Crippen LogP contribution in [0, 0.1) is 0 Å². The zero-order chi connectivity index (χ0) is 10.8. The smallest absolute Gasteiger partial charge is 0.233 e. The number of hydrogen-bond acceptors (Lipinski definition) is 5. The third-order valence-corrected chi connectivity index (χ3v) is 4.15. The maximum absolute atomic E-state index is 11.6. The van der Waals surface area contributed by atoms with Crippen LogP contribution in [0.2, 0.25) is 0 Å². The summed E-state index contributed by atoms with van der Waals surface area (Å²) >= 11 is 2.92. The molecule has 15 heavy (non-hydrogen) atoms. The highest BCUT2D eigenvalue weighted by Crippen LogP contribution is 2.30. The van der Waals surface area contributed by atoms with Gasteiger partial charge in [-0.3, -0.25) is 4.79 Å². The molecule has 1 unspecified atom stereocenters. The summed E-state index contributed by atoms with van der Waals surface area (Å²) in [6.07, 6.45) is 3.96. The van der Waals surface area contributed by atoms with Gasteiger partial charge in [-0.1, -0.05) is 11.3 Å². The Kier molecular flexibility index (Phi) is 3.16. The number of nitrogens with one attached hydrogen (secondary N) is 1. The molecule has 1 aliphatic carbocycles. The van der Waals surface area contributed by atoms with Crippen LogP contribution in [0.4, 0.5) is 5.13 Å². The Bertz CT molecular complexity index is 362. The predicted molar refractivity (Wildman–Crippen MR) is 63.0 cm³/mol. The molecule has 82 valence electrons. The second kappa shape index (κ2) is 4.40. The van der Waals surface area contributed by atoms with Crippen molar-refractivity contribution in [3.05, 3.63) is 6.20 Å². The van der Waals surface area contributed by atoms with Gasteiger partial charge in [-0.15, -0.1) is 11.8 Å². The zero-order valence-corrected chi connectivity index (χ0v) is 10.0. The van der Waals surface area contributed by atoms with Gasteiger partial charge in [0.1, 0.15) is 0 Å². The predicted octanol–water partition coefficient (Wildman–Crippen LogP) is 1.48. The maximum atomic E-state index is 11.6. The van der Waals surface area contributed by atoms with Crippen molar-refractivity contribution in [1.29, 1.82) is 0 Å². The van der Waals surface area contributed by atoms with Crippen molar-refractivity contribution >= 4 is 34.1 Å². The number of nitrogen functional groups attached to an aromatic ring is 1. The molecule has 1 aliphatic rings. The lowest BCUT2D eigenvalue weighted by Crippen LogP contribution is -2.32. The lowest BCUT2D eigenvalue weighted by Gasteiger charge is -2.09. The number of amides is 1. The molecule has 1 amide bonds. The van der Waals surface area contributed by atoms with Crippen LogP contribution in [-0.2, 0) is 4.79 Å². The number of carbonyl (C=O) groups is 1. The molecule has 0 saturated heterocycles. The van der Waals surface area contributed by atoms with Gasteiger partial charge in [-0.05, 0) is 19.8 Å². The van der Waals surface area contributed by atoms with Gasteiger partial charge in [-0.2, -0.15) is 0 Å². The average Bonchev–Trinajstić information content (AvgIpc) is 2.90. The van der Waals surface area contributed by atoms with Crippen molar-refractivity contribution in [1.82, 2.24) is 10.3 Å². The van der Waals surface area contributed by atoms with E-state index in [0.29, 0.717) is 11.2 Å². The summed E-state index contributed by atoms with van der Waals surface area (Å²) in [6, 6.07) is 0.423. The Hall–Kier alpha value is -0.750. The van der Waals surface area contributed by atoms with E-state index in [1.807, 2.05) is 6.92 Å². The van der Waals surface area contributed by atoms with Gasteiger partial charge >= 0.3 is 0 Å². The molecule has 1 aromatic heterocycles. The van der Waals surface area contributed by atoms with Crippen molar-refractivity contribution < 1.29 is 4.79 Å². The number of aromatic nitrogens is 1. The van der Waals surface area contributed by atoms with Gasteiger partial charge in [0.25, 0.3) is 0 Å². The molecule has 0 bridgehead atoms. The highest BCUT2D eigenvalue weighted by atomic mass is 32.2. The SMILES string of the molecule is CC(Sc1cnc(N)s1)C(=O)NC1CC1. The number of nitrogens with zero attached hydrogens (tertiary/aromatic N) is 1. The molecular weight excluding hydrogens is 230 g/mol. The number of thioether (sulfide) groups is 1. The third kappa shape index (κ3) is 3.10. The van der Waals surface area contributed by atoms with Crippen LogP contribution in [0.5, 0.6) is 0 Å². The van der Waals surface area contributed by atoms with Crippen LogP contribution in [0.15, 0.2) is 10.4 Å². The maximum Gasteiger partial charge on any atom is 0.233 e. The van der Waals surface area contributed by atoms with E-state index in [1.165, 1.54) is 23.1 Å². The monoisotopic (exact) mass is 243 g/mol. The van der Waals surface area contributed by atoms with E-state index in [-0.39, 0.29) is 11.2 Å². The van der Waals surface area contributed by atoms with E-state index < -0.39 is 0 Å². The summed E-state index contributed by atoms with van der Waals surface area (Å²) in [5.41, 5.74) is 5.51. The van der Waals surface area contributed by atoms with Gasteiger partial charge < -0.3 is 11.1 Å². The van der Waals surface area contributed by atoms with Gasteiger partial charge in [-0.25, -0.2) is 4.98 Å². The molecule has 2 rings (SSSR count). The number of anilines is 1. The zero-order valence-electron chi connectivity index (χ0n) is 8.40. The van der Waals surface area contributed by atoms with Crippen LogP contribution in [0.1, 0.15) is 19.8 Å². The molecule has 0 radical (unpaired) electrons. The van der Waals surface area contributed by atoms with E-state index in [4.69, 9.17) is 5.73 Å². The Morgan fingerprint density at radius 3 is 3.07 bits per heavy atom. The number of thiazole rings is 1. The summed E-state index contributed by atoms with van der Waals surface area (Å²) in [7, 11) is 0. The van der Waals surface area contributed by atoms with Crippen LogP contribution >= 0.6 is 23.1 Å². The van der Waals surface area contributed by atoms with Crippen LogP contribution in [0.25, 0.3) is 0 Å². The minimum atomic E-state index is -0.0783. The molecule has 3 N–H and O–H groups in total. The summed E-state index contributed by atoms with van der Waals surface area (Å²) < 4.78 is 0.992. The lowest BCUT2D eigenvalue weighted by molar-refractivity contribution is -0.120. The van der Waals surface area contributed by atoms with E-state index in [1.54, 1.807) is 6.20 Å². The van der Waals surface area contributed by atoms with Gasteiger partial charge in [0, 0.05) is 6.04 Å². The summed E-state index contributed by atoms with van der Waals surface area (Å²) in [6.45, 7) is 1.90. The standard InChI is InChI=1S/C9H13N3OS2/c1-5(8(13)12-6-2-3-6)14-7-4-11-9(10)15-7/h4-6H,2-3H2,1H3,(H2,10,11)(H,12,13). The molecule has 0 aliphatic heterocycles. The molecule has 4 nitrogen and oxygen atoms in total. The molecule has 1 atom stereocenters. The fourth-order valence-corrected chi connectivity index (χ4v) is 3.04. The number of carbonyl (C=O) groups excluding carboxylic acids is 1. The topological polar surface area (TPSA) is 68.0 Å². The van der Waals surface area contributed by atoms with Crippen molar-refractivity contribution in [2.45, 2.75) is 35.3 Å². The summed E-state index contributed by atoms with van der Waals surface area (Å²) in [5, 5.41) is 3.44. The summed E-state index contributed by atoms with van der Waals surface area (Å²) in [5.74, 6) is 0.106. The molecule has 0 aromatic carbocycles. The Morgan fingerprint density at radius 1 is 1.80 bits per heavy atom. The molecule has 1 aromatic rings. The quantitative estimate of drug-likeness (QED) is 0.786. The Balaban J connectivity index is 1.84. The first-order valence-corrected chi connectivity index (χ1v) is 6.53. The first kappa shape index (κ1) is 10.8. The second-order valence-corrected chi connectivity index (χ2v) is 6.26. The summed E-state index contributed by atoms with van der Waals surface area (Å²) in [4.78, 5) is 15.6. The molecule has 1 saturated carbocycles. The average molecular weight is 243 g/mol. The Labute approximate surface area is 96.6 Å². The number of nitrogens with two attached hydrogens (primary N) is 1. The largest absolute Gasteiger partial charge is 0.375 e. The highest BCUT2D eigenvalue weighted by molar-refractivity contribution is 8.02. The second-order valence-electron chi connectivity index (χ2n) is 3.56. The van der Waals surface area contributed by atoms with Crippen molar-refractivity contribution in [3.8, 4) is 0 Å². The van der Waals surface area contributed by atoms with Crippen molar-refractivity contribution in [2.75, 3.05) is 5.73 Å². The van der Waals surface area contributed by atoms with Gasteiger partial charge in [0.15, 0.2) is 5.13 Å². The minimum absolute atomic E-state index is 0.0783. The molecule has 0 spiro atoms. The fraction of sp³-hybridized carbons (Fsp3) is 0.556. The van der Waals surface area contributed by atoms with Gasteiger partial charge in [0.2, 0.25) is 5.91 Å². The Morgan fingerprint density at radius 2 is 2.53 bits per heavy atom. The first-order chi connectivity index (χ1) is 7.15. The fourth-order valence-electron chi connectivity index (χ4n) is 1.10. The van der Waals surface area contributed by atoms with Crippen molar-refractivity contribution in [2.24, 2.45) is 0 Å². The van der Waals surface area contributed by atoms with Crippen molar-refractivity contribution in [3.63, 3.8) is 0 Å². The highest BCUT2D eigenvalue weighted by Gasteiger charge is 2.26. The van der Waals surface area contributed by atoms with E-state index >= 15 is 0 Å². The van der Waals surface area contributed by atoms with Gasteiger partial charge in [0.05, 0.1) is 15.7 Å². The van der Waals surface area contributed by atoms with E-state index in [2.05, 4.69) is 10.3 Å². The molecule has 1 heterocycles. The minimum Gasteiger partial charge on any atom is -0.375 e. The van der Waals surface area contributed by atoms with Crippen LogP contribution in [0.3, 0.4) is 0 Å². The first-order valence-electron chi connectivity index (χ1n) is 4.83. The van der Waals surface area contributed by atoms with E-state index in [9.17, 15) is 4.79 Å². The normalized spacial score (nSPS) is 17.4. The third-order valence-electron chi connectivity index (χ3n) is 2.09. The molecule has 1 fully saturated rings. The lowest BCUT2D eigenvalue weighted by atomic mass is 10.4. The van der Waals surface area contributed by atoms with Crippen LogP contribution < -0.4 is 11.1 Å². The number of rotatable bonds is 4.